The Hall–Kier alpha value is -2.17. The van der Waals surface area contributed by atoms with Gasteiger partial charge in [0.05, 0.1) is 12.2 Å². The van der Waals surface area contributed by atoms with Crippen LogP contribution in [-0.4, -0.2) is 16.2 Å². The van der Waals surface area contributed by atoms with Crippen molar-refractivity contribution in [1.29, 1.82) is 0 Å². The first kappa shape index (κ1) is 11.9. The second-order valence-corrected chi connectivity index (χ2v) is 4.64. The van der Waals surface area contributed by atoms with Crippen molar-refractivity contribution in [2.45, 2.75) is 25.3 Å². The van der Waals surface area contributed by atoms with E-state index in [0.29, 0.717) is 12.1 Å². The van der Waals surface area contributed by atoms with Gasteiger partial charge in [-0.2, -0.15) is 5.10 Å². The van der Waals surface area contributed by atoms with E-state index in [-0.39, 0.29) is 11.9 Å². The lowest BCUT2D eigenvalue weighted by Crippen LogP contribution is -2.24. The van der Waals surface area contributed by atoms with E-state index in [1.807, 2.05) is 0 Å². The lowest BCUT2D eigenvalue weighted by atomic mass is 9.93. The van der Waals surface area contributed by atoms with Crippen LogP contribution in [-0.2, 0) is 11.2 Å². The molecule has 0 fully saturated rings. The van der Waals surface area contributed by atoms with Crippen molar-refractivity contribution in [2.75, 3.05) is 0 Å². The second kappa shape index (κ2) is 4.84. The molecule has 4 nitrogen and oxygen atoms in total. The maximum absolute atomic E-state index is 13.8. The molecule has 1 amide bonds. The highest BCUT2D eigenvalue weighted by atomic mass is 19.1. The summed E-state index contributed by atoms with van der Waals surface area (Å²) < 4.78 is 15.5. The number of hydrogen-bond donors (Lipinski definition) is 1. The Morgan fingerprint density at radius 3 is 3.05 bits per heavy atom. The fraction of sp³-hybridized carbons (Fsp3) is 0.286. The molecule has 1 aliphatic carbocycles. The molecule has 19 heavy (non-hydrogen) atoms. The van der Waals surface area contributed by atoms with Gasteiger partial charge in [0.15, 0.2) is 0 Å². The van der Waals surface area contributed by atoms with Crippen LogP contribution >= 0.6 is 0 Å². The zero-order valence-electron chi connectivity index (χ0n) is 10.3. The van der Waals surface area contributed by atoms with Crippen LogP contribution in [0.25, 0.3) is 5.69 Å². The molecule has 5 heteroatoms. The van der Waals surface area contributed by atoms with Crippen LogP contribution in [0.5, 0.6) is 0 Å². The molecule has 98 valence electrons. The van der Waals surface area contributed by atoms with Crippen LogP contribution in [0.3, 0.4) is 0 Å². The molecule has 0 bridgehead atoms. The number of nitrogens with one attached hydrogen (secondary N) is 1. The Bertz CT molecular complexity index is 608. The van der Waals surface area contributed by atoms with Gasteiger partial charge in [-0.3, -0.25) is 4.79 Å². The van der Waals surface area contributed by atoms with Crippen LogP contribution < -0.4 is 5.32 Å². The summed E-state index contributed by atoms with van der Waals surface area (Å²) in [5.41, 5.74) is 2.42. The highest BCUT2D eigenvalue weighted by molar-refractivity contribution is 5.49. The Morgan fingerprint density at radius 2 is 2.26 bits per heavy atom. The van der Waals surface area contributed by atoms with Gasteiger partial charge in [0.1, 0.15) is 11.5 Å². The van der Waals surface area contributed by atoms with E-state index in [1.54, 1.807) is 29.1 Å². The molecule has 1 N–H and O–H groups in total. The molecule has 1 heterocycles. The summed E-state index contributed by atoms with van der Waals surface area (Å²) in [6.07, 6.45) is 5.14. The smallest absolute Gasteiger partial charge is 0.207 e. The molecule has 0 saturated heterocycles. The van der Waals surface area contributed by atoms with E-state index >= 15 is 0 Å². The van der Waals surface area contributed by atoms with E-state index in [1.165, 1.54) is 6.07 Å². The van der Waals surface area contributed by atoms with Crippen molar-refractivity contribution in [3.63, 3.8) is 0 Å². The molecule has 0 spiro atoms. The number of benzene rings is 1. The normalized spacial score (nSPS) is 17.8. The van der Waals surface area contributed by atoms with E-state index in [4.69, 9.17) is 0 Å². The average Bonchev–Trinajstić information content (AvgIpc) is 2.85. The maximum atomic E-state index is 13.8. The number of aromatic nitrogens is 2. The molecule has 3 rings (SSSR count). The van der Waals surface area contributed by atoms with E-state index in [9.17, 15) is 9.18 Å². The number of nitrogens with zero attached hydrogens (tertiary/aromatic N) is 2. The SMILES string of the molecule is O=CNC1CCCc2c1cnn2-c1ccccc1F. The van der Waals surface area contributed by atoms with E-state index in [0.717, 1.165) is 30.5 Å². The first-order valence-corrected chi connectivity index (χ1v) is 6.32. The minimum absolute atomic E-state index is 0.0122. The summed E-state index contributed by atoms with van der Waals surface area (Å²) in [6, 6.07) is 6.57. The van der Waals surface area contributed by atoms with Gasteiger partial charge in [0.25, 0.3) is 0 Å². The monoisotopic (exact) mass is 259 g/mol. The molecule has 0 aliphatic heterocycles. The summed E-state index contributed by atoms with van der Waals surface area (Å²) in [5, 5.41) is 7.07. The number of fused-ring (bicyclic) bond motifs is 1. The quantitative estimate of drug-likeness (QED) is 0.858. The molecule has 0 saturated carbocycles. The number of amides is 1. The highest BCUT2D eigenvalue weighted by Gasteiger charge is 2.24. The van der Waals surface area contributed by atoms with Crippen LogP contribution in [0.2, 0.25) is 0 Å². The predicted octanol–water partition coefficient (Wildman–Crippen LogP) is 2.13. The Kier molecular flexibility index (Phi) is 3.03. The minimum atomic E-state index is -0.293. The third-order valence-corrected chi connectivity index (χ3v) is 3.53. The van der Waals surface area contributed by atoms with Gasteiger partial charge in [-0.15, -0.1) is 0 Å². The van der Waals surface area contributed by atoms with Gasteiger partial charge in [-0.25, -0.2) is 9.07 Å². The number of halogens is 1. The van der Waals surface area contributed by atoms with Gasteiger partial charge < -0.3 is 5.32 Å². The Balaban J connectivity index is 2.06. The van der Waals surface area contributed by atoms with Gasteiger partial charge in [-0.05, 0) is 31.4 Å². The zero-order chi connectivity index (χ0) is 13.2. The largest absolute Gasteiger partial charge is 0.352 e. The van der Waals surface area contributed by atoms with Crippen molar-refractivity contribution in [3.8, 4) is 5.69 Å². The number of hydrogen-bond acceptors (Lipinski definition) is 2. The third-order valence-electron chi connectivity index (χ3n) is 3.53. The van der Waals surface area contributed by atoms with E-state index in [2.05, 4.69) is 10.4 Å². The fourth-order valence-electron chi connectivity index (χ4n) is 2.64. The molecule has 1 atom stereocenters. The number of rotatable bonds is 3. The lowest BCUT2D eigenvalue weighted by Gasteiger charge is -2.22. The first-order chi connectivity index (χ1) is 9.31. The molecule has 1 unspecified atom stereocenters. The number of carbonyl (C=O) groups excluding carboxylic acids is 1. The van der Waals surface area contributed by atoms with Crippen LogP contribution in [0.4, 0.5) is 4.39 Å². The summed E-state index contributed by atoms with van der Waals surface area (Å²) in [7, 11) is 0. The maximum Gasteiger partial charge on any atom is 0.207 e. The molecular weight excluding hydrogens is 245 g/mol. The summed E-state index contributed by atoms with van der Waals surface area (Å²) in [4.78, 5) is 10.6. The Morgan fingerprint density at radius 1 is 1.42 bits per heavy atom. The molecular formula is C14H14FN3O. The van der Waals surface area contributed by atoms with Crippen molar-refractivity contribution >= 4 is 6.41 Å². The summed E-state index contributed by atoms with van der Waals surface area (Å²) in [5.74, 6) is -0.293. The van der Waals surface area contributed by atoms with Crippen LogP contribution in [0.15, 0.2) is 30.5 Å². The number of carbonyl (C=O) groups is 1. The molecule has 1 aromatic heterocycles. The van der Waals surface area contributed by atoms with Gasteiger partial charge in [-0.1, -0.05) is 12.1 Å². The first-order valence-electron chi connectivity index (χ1n) is 6.32. The summed E-state index contributed by atoms with van der Waals surface area (Å²) in [6.45, 7) is 0. The topological polar surface area (TPSA) is 46.9 Å². The van der Waals surface area contributed by atoms with Crippen molar-refractivity contribution in [2.24, 2.45) is 0 Å². The van der Waals surface area contributed by atoms with Crippen LogP contribution in [0.1, 0.15) is 30.1 Å². The minimum Gasteiger partial charge on any atom is -0.352 e. The van der Waals surface area contributed by atoms with Crippen molar-refractivity contribution < 1.29 is 9.18 Å². The number of para-hydroxylation sites is 1. The van der Waals surface area contributed by atoms with Gasteiger partial charge in [0.2, 0.25) is 6.41 Å². The molecule has 0 radical (unpaired) electrons. The second-order valence-electron chi connectivity index (χ2n) is 4.64. The Labute approximate surface area is 110 Å². The van der Waals surface area contributed by atoms with E-state index < -0.39 is 0 Å². The van der Waals surface area contributed by atoms with Gasteiger partial charge in [0, 0.05) is 11.3 Å². The third kappa shape index (κ3) is 2.01. The highest BCUT2D eigenvalue weighted by Crippen LogP contribution is 2.31. The fourth-order valence-corrected chi connectivity index (χ4v) is 2.64. The standard InChI is InChI=1S/C14H14FN3O/c15-11-4-1-2-6-14(11)18-13-7-3-5-12(16-9-19)10(13)8-17-18/h1-2,4,6,8-9,12H,3,5,7H2,(H,16,19). The molecule has 1 aromatic carbocycles. The lowest BCUT2D eigenvalue weighted by molar-refractivity contribution is -0.110. The zero-order valence-corrected chi connectivity index (χ0v) is 10.3. The predicted molar refractivity (Wildman–Crippen MR) is 68.4 cm³/mol. The van der Waals surface area contributed by atoms with Gasteiger partial charge >= 0.3 is 0 Å². The summed E-state index contributed by atoms with van der Waals surface area (Å²) >= 11 is 0. The molecule has 1 aliphatic rings. The van der Waals surface area contributed by atoms with Crippen molar-refractivity contribution in [3.05, 3.63) is 47.5 Å². The van der Waals surface area contributed by atoms with Crippen molar-refractivity contribution in [1.82, 2.24) is 15.1 Å². The average molecular weight is 259 g/mol. The molecule has 2 aromatic rings. The van der Waals surface area contributed by atoms with Crippen LogP contribution in [0, 0.1) is 5.82 Å².